The van der Waals surface area contributed by atoms with Crippen LogP contribution in [0.1, 0.15) is 51.0 Å². The largest absolute Gasteiger partial charge is 0.341 e. The summed E-state index contributed by atoms with van der Waals surface area (Å²) in [6.07, 6.45) is 9.31. The number of carbonyl (C=O) groups excluding carboxylic acids is 1. The lowest BCUT2D eigenvalue weighted by Crippen LogP contribution is -2.16. The van der Waals surface area contributed by atoms with Crippen LogP contribution in [0.4, 0.5) is 0 Å². The summed E-state index contributed by atoms with van der Waals surface area (Å²) in [7, 11) is 0. The Bertz CT molecular complexity index is 1050. The van der Waals surface area contributed by atoms with Crippen LogP contribution >= 0.6 is 0 Å². The zero-order valence-corrected chi connectivity index (χ0v) is 16.1. The fourth-order valence-corrected chi connectivity index (χ4v) is 5.46. The first-order chi connectivity index (χ1) is 13.3. The van der Waals surface area contributed by atoms with E-state index in [9.17, 15) is 4.79 Å². The van der Waals surface area contributed by atoms with Crippen molar-refractivity contribution in [1.29, 1.82) is 0 Å². The molecule has 2 heteroatoms. The number of benzene rings is 2. The number of ketones is 1. The molecule has 0 bridgehead atoms. The van der Waals surface area contributed by atoms with E-state index in [1.807, 2.05) is 0 Å². The van der Waals surface area contributed by atoms with E-state index in [1.54, 1.807) is 0 Å². The Morgan fingerprint density at radius 2 is 1.78 bits per heavy atom. The van der Waals surface area contributed by atoms with Gasteiger partial charge in [0.25, 0.3) is 0 Å². The molecule has 0 amide bonds. The van der Waals surface area contributed by atoms with Gasteiger partial charge < -0.3 is 4.57 Å². The molecule has 0 radical (unpaired) electrons. The van der Waals surface area contributed by atoms with Crippen LogP contribution in [0.5, 0.6) is 0 Å². The van der Waals surface area contributed by atoms with Crippen LogP contribution in [0.15, 0.2) is 48.0 Å². The predicted molar refractivity (Wildman–Crippen MR) is 113 cm³/mol. The highest BCUT2D eigenvalue weighted by molar-refractivity contribution is 6.09. The van der Waals surface area contributed by atoms with Gasteiger partial charge in [0.15, 0.2) is 5.78 Å². The SMILES string of the molecule is CCn1c2ccccc2c2cc(/C=C3\CCC(C4CCCC4)C3=O)ccc21. The maximum atomic E-state index is 13.0. The van der Waals surface area contributed by atoms with Gasteiger partial charge in [-0.1, -0.05) is 37.1 Å². The maximum Gasteiger partial charge on any atom is 0.162 e. The van der Waals surface area contributed by atoms with Crippen LogP contribution in [-0.4, -0.2) is 10.4 Å². The molecule has 1 atom stereocenters. The number of para-hydroxylation sites is 1. The van der Waals surface area contributed by atoms with Gasteiger partial charge in [0, 0.05) is 34.3 Å². The van der Waals surface area contributed by atoms with Gasteiger partial charge in [0.1, 0.15) is 0 Å². The highest BCUT2D eigenvalue weighted by atomic mass is 16.1. The Morgan fingerprint density at radius 1 is 1.00 bits per heavy atom. The van der Waals surface area contributed by atoms with E-state index < -0.39 is 0 Å². The molecule has 2 nitrogen and oxygen atoms in total. The molecule has 27 heavy (non-hydrogen) atoms. The van der Waals surface area contributed by atoms with Crippen molar-refractivity contribution >= 4 is 33.7 Å². The smallest absolute Gasteiger partial charge is 0.162 e. The topological polar surface area (TPSA) is 22.0 Å². The number of fused-ring (bicyclic) bond motifs is 3. The van der Waals surface area contributed by atoms with Crippen molar-refractivity contribution in [2.45, 2.75) is 52.0 Å². The molecule has 5 rings (SSSR count). The second kappa shape index (κ2) is 6.67. The van der Waals surface area contributed by atoms with Crippen LogP contribution in [0.25, 0.3) is 27.9 Å². The van der Waals surface area contributed by atoms with Crippen molar-refractivity contribution in [3.8, 4) is 0 Å². The summed E-state index contributed by atoms with van der Waals surface area (Å²) in [4.78, 5) is 13.0. The number of Topliss-reactive ketones (excluding diaryl/α,β-unsaturated/α-hetero) is 1. The molecular weight excluding hydrogens is 330 g/mol. The minimum atomic E-state index is 0.296. The molecule has 1 unspecified atom stereocenters. The number of carbonyl (C=O) groups is 1. The quantitative estimate of drug-likeness (QED) is 0.499. The van der Waals surface area contributed by atoms with Crippen LogP contribution < -0.4 is 0 Å². The zero-order chi connectivity index (χ0) is 18.4. The Hall–Kier alpha value is -2.35. The van der Waals surface area contributed by atoms with Crippen LogP contribution in [0, 0.1) is 11.8 Å². The highest BCUT2D eigenvalue weighted by Gasteiger charge is 2.36. The second-order valence-electron chi connectivity index (χ2n) is 8.26. The lowest BCUT2D eigenvalue weighted by atomic mass is 9.88. The standard InChI is InChI=1S/C25H27NO/c1-2-26-23-10-6-5-9-21(23)22-16-17(11-14-24(22)26)15-19-12-13-20(25(19)27)18-7-3-4-8-18/h5-6,9-11,14-16,18,20H,2-4,7-8,12-13H2,1H3/b19-15+. The van der Waals surface area contributed by atoms with E-state index in [0.29, 0.717) is 17.6 Å². The van der Waals surface area contributed by atoms with Gasteiger partial charge in [-0.3, -0.25) is 4.79 Å². The fraction of sp³-hybridized carbons (Fsp3) is 0.400. The van der Waals surface area contributed by atoms with E-state index in [1.165, 1.54) is 47.5 Å². The molecule has 2 fully saturated rings. The molecule has 138 valence electrons. The Kier molecular flexibility index (Phi) is 4.15. The Morgan fingerprint density at radius 3 is 2.59 bits per heavy atom. The Balaban J connectivity index is 1.53. The van der Waals surface area contributed by atoms with E-state index in [-0.39, 0.29) is 0 Å². The third-order valence-electron chi connectivity index (χ3n) is 6.80. The lowest BCUT2D eigenvalue weighted by molar-refractivity contribution is -0.119. The lowest BCUT2D eigenvalue weighted by Gasteiger charge is -2.15. The minimum absolute atomic E-state index is 0.296. The average molecular weight is 357 g/mol. The first-order valence-electron chi connectivity index (χ1n) is 10.5. The number of aromatic nitrogens is 1. The molecule has 3 aromatic rings. The zero-order valence-electron chi connectivity index (χ0n) is 16.1. The monoisotopic (exact) mass is 357 g/mol. The van der Waals surface area contributed by atoms with Crippen molar-refractivity contribution in [3.63, 3.8) is 0 Å². The summed E-state index contributed by atoms with van der Waals surface area (Å²) in [5, 5.41) is 2.59. The molecule has 0 aliphatic heterocycles. The first-order valence-corrected chi connectivity index (χ1v) is 10.5. The van der Waals surface area contributed by atoms with Gasteiger partial charge >= 0.3 is 0 Å². The molecule has 1 aromatic heterocycles. The van der Waals surface area contributed by atoms with E-state index >= 15 is 0 Å². The molecule has 0 N–H and O–H groups in total. The van der Waals surface area contributed by atoms with Crippen LogP contribution in [-0.2, 0) is 11.3 Å². The molecule has 2 saturated carbocycles. The van der Waals surface area contributed by atoms with Crippen molar-refractivity contribution in [3.05, 3.63) is 53.6 Å². The second-order valence-corrected chi connectivity index (χ2v) is 8.26. The summed E-state index contributed by atoms with van der Waals surface area (Å²) >= 11 is 0. The van der Waals surface area contributed by atoms with Crippen LogP contribution in [0.2, 0.25) is 0 Å². The fourth-order valence-electron chi connectivity index (χ4n) is 5.46. The van der Waals surface area contributed by atoms with Crippen molar-refractivity contribution < 1.29 is 4.79 Å². The van der Waals surface area contributed by atoms with Gasteiger partial charge in [0.2, 0.25) is 0 Å². The third-order valence-corrected chi connectivity index (χ3v) is 6.80. The van der Waals surface area contributed by atoms with Crippen LogP contribution in [0.3, 0.4) is 0 Å². The number of hydrogen-bond donors (Lipinski definition) is 0. The van der Waals surface area contributed by atoms with E-state index in [2.05, 4.69) is 60.0 Å². The van der Waals surface area contributed by atoms with Gasteiger partial charge in [-0.05, 0) is 73.9 Å². The number of nitrogens with zero attached hydrogens (tertiary/aromatic N) is 1. The van der Waals surface area contributed by atoms with Gasteiger partial charge in [-0.15, -0.1) is 0 Å². The van der Waals surface area contributed by atoms with Crippen molar-refractivity contribution in [2.75, 3.05) is 0 Å². The highest BCUT2D eigenvalue weighted by Crippen LogP contribution is 2.41. The molecule has 1 heterocycles. The number of hydrogen-bond acceptors (Lipinski definition) is 1. The van der Waals surface area contributed by atoms with E-state index in [4.69, 9.17) is 0 Å². The molecule has 2 aliphatic rings. The number of rotatable bonds is 3. The Labute approximate surface area is 160 Å². The minimum Gasteiger partial charge on any atom is -0.341 e. The normalized spacial score (nSPS) is 22.6. The molecule has 0 saturated heterocycles. The van der Waals surface area contributed by atoms with E-state index in [0.717, 1.165) is 30.5 Å². The van der Waals surface area contributed by atoms with Gasteiger partial charge in [-0.2, -0.15) is 0 Å². The molecule has 0 spiro atoms. The van der Waals surface area contributed by atoms with Gasteiger partial charge in [-0.25, -0.2) is 0 Å². The van der Waals surface area contributed by atoms with Crippen molar-refractivity contribution in [1.82, 2.24) is 4.57 Å². The maximum absolute atomic E-state index is 13.0. The number of allylic oxidation sites excluding steroid dienone is 1. The molecule has 2 aromatic carbocycles. The summed E-state index contributed by atoms with van der Waals surface area (Å²) < 4.78 is 2.37. The summed E-state index contributed by atoms with van der Waals surface area (Å²) in [5.41, 5.74) is 4.78. The first kappa shape index (κ1) is 16.8. The third kappa shape index (κ3) is 2.74. The molecule has 2 aliphatic carbocycles. The molecular formula is C25H27NO. The predicted octanol–water partition coefficient (Wildman–Crippen LogP) is 6.37. The average Bonchev–Trinajstić information content (AvgIpc) is 3.40. The van der Waals surface area contributed by atoms with Crippen molar-refractivity contribution in [2.24, 2.45) is 11.8 Å². The van der Waals surface area contributed by atoms with Gasteiger partial charge in [0.05, 0.1) is 0 Å². The summed E-state index contributed by atoms with van der Waals surface area (Å²) in [5.74, 6) is 1.37. The summed E-state index contributed by atoms with van der Waals surface area (Å²) in [6, 6.07) is 15.3. The number of aryl methyl sites for hydroxylation is 1. The summed E-state index contributed by atoms with van der Waals surface area (Å²) in [6.45, 7) is 3.16.